The van der Waals surface area contributed by atoms with Crippen LogP contribution in [0.25, 0.3) is 5.69 Å². The van der Waals surface area contributed by atoms with E-state index in [2.05, 4.69) is 31.3 Å². The van der Waals surface area contributed by atoms with Gasteiger partial charge in [0.2, 0.25) is 5.88 Å². The first-order valence-corrected chi connectivity index (χ1v) is 8.42. The molecule has 0 radical (unpaired) electrons. The number of aromatic nitrogens is 3. The Morgan fingerprint density at radius 2 is 1.88 bits per heavy atom. The molecule has 0 unspecified atom stereocenters. The number of carbonyl (C=O) groups is 1. The number of rotatable bonds is 4. The summed E-state index contributed by atoms with van der Waals surface area (Å²) < 4.78 is 7.77. The van der Waals surface area contributed by atoms with Crippen LogP contribution in [0.4, 0.5) is 5.69 Å². The number of methoxy groups -OCH3 is 1. The first-order chi connectivity index (χ1) is 12.0. The third-order valence-corrected chi connectivity index (χ3v) is 4.32. The first kappa shape index (κ1) is 17.2. The monoisotopic (exact) mass is 400 g/mol. The van der Waals surface area contributed by atoms with Crippen molar-refractivity contribution in [2.24, 2.45) is 0 Å². The zero-order valence-corrected chi connectivity index (χ0v) is 15.7. The van der Waals surface area contributed by atoms with E-state index in [4.69, 9.17) is 4.74 Å². The molecule has 3 rings (SSSR count). The molecule has 2 aromatic heterocycles. The number of benzene rings is 1. The summed E-state index contributed by atoms with van der Waals surface area (Å²) in [5.74, 6) is 0.277. The maximum Gasteiger partial charge on any atom is 0.259 e. The van der Waals surface area contributed by atoms with Crippen LogP contribution in [-0.4, -0.2) is 27.8 Å². The Labute approximate surface area is 154 Å². The van der Waals surface area contributed by atoms with Crippen LogP contribution < -0.4 is 10.1 Å². The van der Waals surface area contributed by atoms with Gasteiger partial charge in [-0.15, -0.1) is 0 Å². The van der Waals surface area contributed by atoms with E-state index in [9.17, 15) is 4.79 Å². The Bertz CT molecular complexity index is 902. The highest BCUT2D eigenvalue weighted by atomic mass is 79.9. The summed E-state index contributed by atoms with van der Waals surface area (Å²) in [5, 5.41) is 7.35. The number of nitrogens with one attached hydrogen (secondary N) is 1. The van der Waals surface area contributed by atoms with Gasteiger partial charge >= 0.3 is 0 Å². The summed E-state index contributed by atoms with van der Waals surface area (Å²) >= 11 is 3.42. The number of hydrogen-bond acceptors (Lipinski definition) is 4. The van der Waals surface area contributed by atoms with Crippen molar-refractivity contribution in [1.29, 1.82) is 0 Å². The van der Waals surface area contributed by atoms with E-state index in [1.54, 1.807) is 30.1 Å². The van der Waals surface area contributed by atoms with Gasteiger partial charge in [0.15, 0.2) is 0 Å². The molecule has 1 amide bonds. The fourth-order valence-corrected chi connectivity index (χ4v) is 2.84. The molecule has 7 heteroatoms. The number of amides is 1. The molecule has 6 nitrogen and oxygen atoms in total. The van der Waals surface area contributed by atoms with Gasteiger partial charge in [-0.25, -0.2) is 9.67 Å². The molecule has 0 atom stereocenters. The molecule has 0 aliphatic carbocycles. The van der Waals surface area contributed by atoms with Gasteiger partial charge in [-0.05, 0) is 44.2 Å². The van der Waals surface area contributed by atoms with Crippen molar-refractivity contribution in [3.8, 4) is 11.6 Å². The number of halogens is 1. The summed E-state index contributed by atoms with van der Waals surface area (Å²) in [4.78, 5) is 16.8. The second-order valence-corrected chi connectivity index (χ2v) is 6.39. The van der Waals surface area contributed by atoms with Crippen LogP contribution in [0.1, 0.15) is 21.7 Å². The van der Waals surface area contributed by atoms with Crippen molar-refractivity contribution >= 4 is 27.5 Å². The average molecular weight is 401 g/mol. The average Bonchev–Trinajstić information content (AvgIpc) is 2.91. The number of aryl methyl sites for hydroxylation is 1. The minimum Gasteiger partial charge on any atom is -0.481 e. The molecule has 3 aromatic rings. The normalized spacial score (nSPS) is 10.6. The largest absolute Gasteiger partial charge is 0.481 e. The van der Waals surface area contributed by atoms with E-state index in [1.807, 2.05) is 38.1 Å². The molecule has 0 aliphatic rings. The van der Waals surface area contributed by atoms with Crippen molar-refractivity contribution in [3.63, 3.8) is 0 Å². The van der Waals surface area contributed by atoms with E-state index in [0.29, 0.717) is 22.8 Å². The molecule has 128 valence electrons. The third-order valence-electron chi connectivity index (χ3n) is 3.79. The molecule has 0 fully saturated rings. The standard InChI is InChI=1S/C18H17BrN4O2/c1-11-17(18(24)21-14-6-9-16(25-3)20-10-14)12(2)23(22-11)15-7-4-13(19)5-8-15/h4-10H,1-3H3,(H,21,24). The predicted molar refractivity (Wildman–Crippen MR) is 99.5 cm³/mol. The van der Waals surface area contributed by atoms with Crippen molar-refractivity contribution < 1.29 is 9.53 Å². The van der Waals surface area contributed by atoms with Crippen LogP contribution in [0.3, 0.4) is 0 Å². The summed E-state index contributed by atoms with van der Waals surface area (Å²) in [5.41, 5.74) is 3.49. The minimum absolute atomic E-state index is 0.217. The Morgan fingerprint density at radius 3 is 2.48 bits per heavy atom. The van der Waals surface area contributed by atoms with Gasteiger partial charge < -0.3 is 10.1 Å². The quantitative estimate of drug-likeness (QED) is 0.720. The van der Waals surface area contributed by atoms with E-state index in [0.717, 1.165) is 15.9 Å². The van der Waals surface area contributed by atoms with Crippen LogP contribution >= 0.6 is 15.9 Å². The van der Waals surface area contributed by atoms with Crippen LogP contribution in [0.15, 0.2) is 47.1 Å². The van der Waals surface area contributed by atoms with Gasteiger partial charge in [0.25, 0.3) is 5.91 Å². The van der Waals surface area contributed by atoms with Gasteiger partial charge in [-0.1, -0.05) is 15.9 Å². The summed E-state index contributed by atoms with van der Waals surface area (Å²) in [6.07, 6.45) is 1.56. The Kier molecular flexibility index (Phi) is 4.85. The van der Waals surface area contributed by atoms with E-state index in [-0.39, 0.29) is 5.91 Å². The highest BCUT2D eigenvalue weighted by Gasteiger charge is 2.19. The lowest BCUT2D eigenvalue weighted by molar-refractivity contribution is 0.102. The van der Waals surface area contributed by atoms with Crippen molar-refractivity contribution in [3.05, 3.63) is 64.0 Å². The SMILES string of the molecule is COc1ccc(NC(=O)c2c(C)nn(-c3ccc(Br)cc3)c2C)cn1. The minimum atomic E-state index is -0.217. The van der Waals surface area contributed by atoms with Gasteiger partial charge in [-0.2, -0.15) is 5.10 Å². The van der Waals surface area contributed by atoms with Crippen LogP contribution in [0.5, 0.6) is 5.88 Å². The van der Waals surface area contributed by atoms with Crippen LogP contribution in [0, 0.1) is 13.8 Å². The summed E-state index contributed by atoms with van der Waals surface area (Å²) in [6, 6.07) is 11.2. The highest BCUT2D eigenvalue weighted by molar-refractivity contribution is 9.10. The molecule has 1 aromatic carbocycles. The first-order valence-electron chi connectivity index (χ1n) is 7.63. The molecule has 0 saturated heterocycles. The van der Waals surface area contributed by atoms with Gasteiger partial charge in [-0.3, -0.25) is 4.79 Å². The molecule has 0 saturated carbocycles. The molecular formula is C18H17BrN4O2. The second-order valence-electron chi connectivity index (χ2n) is 5.48. The van der Waals surface area contributed by atoms with Crippen LogP contribution in [0.2, 0.25) is 0 Å². The zero-order valence-electron chi connectivity index (χ0n) is 14.1. The maximum absolute atomic E-state index is 12.7. The van der Waals surface area contributed by atoms with Gasteiger partial charge in [0.1, 0.15) is 0 Å². The Morgan fingerprint density at radius 1 is 1.16 bits per heavy atom. The second kappa shape index (κ2) is 7.06. The lowest BCUT2D eigenvalue weighted by Gasteiger charge is -2.07. The number of pyridine rings is 1. The van der Waals surface area contributed by atoms with E-state index < -0.39 is 0 Å². The molecule has 0 bridgehead atoms. The highest BCUT2D eigenvalue weighted by Crippen LogP contribution is 2.21. The fourth-order valence-electron chi connectivity index (χ4n) is 2.57. The summed E-state index contributed by atoms with van der Waals surface area (Å²) in [6.45, 7) is 3.70. The zero-order chi connectivity index (χ0) is 18.0. The third kappa shape index (κ3) is 3.56. The smallest absolute Gasteiger partial charge is 0.259 e. The van der Waals surface area contributed by atoms with Crippen molar-refractivity contribution in [1.82, 2.24) is 14.8 Å². The van der Waals surface area contributed by atoms with Gasteiger partial charge in [0.05, 0.1) is 41.6 Å². The molecular weight excluding hydrogens is 384 g/mol. The molecule has 0 spiro atoms. The fraction of sp³-hybridized carbons (Fsp3) is 0.167. The number of nitrogens with zero attached hydrogens (tertiary/aromatic N) is 3. The topological polar surface area (TPSA) is 69.0 Å². The Hall–Kier alpha value is -2.67. The molecule has 25 heavy (non-hydrogen) atoms. The van der Waals surface area contributed by atoms with Crippen molar-refractivity contribution in [2.75, 3.05) is 12.4 Å². The number of anilines is 1. The predicted octanol–water partition coefficient (Wildman–Crippen LogP) is 3.91. The lowest BCUT2D eigenvalue weighted by Crippen LogP contribution is -2.14. The van der Waals surface area contributed by atoms with Gasteiger partial charge in [0, 0.05) is 10.5 Å². The number of ether oxygens (including phenoxy) is 1. The summed E-state index contributed by atoms with van der Waals surface area (Å²) in [7, 11) is 1.55. The molecule has 0 aliphatic heterocycles. The molecule has 1 N–H and O–H groups in total. The van der Waals surface area contributed by atoms with E-state index >= 15 is 0 Å². The number of carbonyl (C=O) groups excluding carboxylic acids is 1. The molecule has 2 heterocycles. The Balaban J connectivity index is 1.88. The maximum atomic E-state index is 12.7. The number of hydrogen-bond donors (Lipinski definition) is 1. The van der Waals surface area contributed by atoms with E-state index in [1.165, 1.54) is 0 Å². The van der Waals surface area contributed by atoms with Crippen LogP contribution in [-0.2, 0) is 0 Å². The van der Waals surface area contributed by atoms with Crippen molar-refractivity contribution in [2.45, 2.75) is 13.8 Å². The lowest BCUT2D eigenvalue weighted by atomic mass is 10.2.